The second-order valence-electron chi connectivity index (χ2n) is 4.87. The van der Waals surface area contributed by atoms with Crippen LogP contribution in [0.25, 0.3) is 11.0 Å². The van der Waals surface area contributed by atoms with Crippen molar-refractivity contribution in [3.63, 3.8) is 0 Å². The van der Waals surface area contributed by atoms with Crippen LogP contribution in [-0.2, 0) is 0 Å². The molecule has 0 amide bonds. The van der Waals surface area contributed by atoms with Crippen molar-refractivity contribution in [1.82, 2.24) is 0 Å². The first-order chi connectivity index (χ1) is 7.38. The van der Waals surface area contributed by atoms with Crippen LogP contribution in [0.2, 0.25) is 0 Å². The molecule has 16 heavy (non-hydrogen) atoms. The summed E-state index contributed by atoms with van der Waals surface area (Å²) in [6.45, 7) is 5.47. The number of benzene rings is 1. The Labute approximate surface area is 93.1 Å². The fraction of sp³-hybridized carbons (Fsp3) is 0.308. The molecule has 0 spiro atoms. The van der Waals surface area contributed by atoms with Gasteiger partial charge in [-0.1, -0.05) is 20.8 Å². The molecule has 0 unspecified atom stereocenters. The molecule has 1 heterocycles. The molecule has 84 valence electrons. The third-order valence-corrected chi connectivity index (χ3v) is 2.39. The smallest absolute Gasteiger partial charge is 0.203 e. The minimum Gasteiger partial charge on any atom is -0.453 e. The van der Waals surface area contributed by atoms with E-state index < -0.39 is 5.41 Å². The number of carbonyl (C=O) groups excluding carboxylic acids is 1. The molecule has 0 aliphatic rings. The second-order valence-corrected chi connectivity index (χ2v) is 4.87. The zero-order valence-corrected chi connectivity index (χ0v) is 9.50. The van der Waals surface area contributed by atoms with Gasteiger partial charge in [0.2, 0.25) is 5.78 Å². The lowest BCUT2D eigenvalue weighted by Crippen LogP contribution is -2.19. The van der Waals surface area contributed by atoms with Crippen LogP contribution < -0.4 is 0 Å². The van der Waals surface area contributed by atoms with Crippen molar-refractivity contribution in [2.75, 3.05) is 0 Å². The summed E-state index contributed by atoms with van der Waals surface area (Å²) in [7, 11) is 0. The monoisotopic (exact) mass is 220 g/mol. The van der Waals surface area contributed by atoms with E-state index in [1.165, 1.54) is 12.1 Å². The lowest BCUT2D eigenvalue weighted by molar-refractivity contribution is 0.0831. The number of ketones is 1. The number of Topliss-reactive ketones (excluding diaryl/α,β-unsaturated/α-hetero) is 1. The van der Waals surface area contributed by atoms with Gasteiger partial charge < -0.3 is 4.42 Å². The summed E-state index contributed by atoms with van der Waals surface area (Å²) in [5.41, 5.74) is -0.0838. The van der Waals surface area contributed by atoms with Gasteiger partial charge in [0.1, 0.15) is 11.4 Å². The Bertz CT molecular complexity index is 547. The highest BCUT2D eigenvalue weighted by molar-refractivity contribution is 6.00. The molecule has 2 rings (SSSR count). The molecule has 0 saturated heterocycles. The van der Waals surface area contributed by atoms with Gasteiger partial charge in [0.15, 0.2) is 5.76 Å². The Kier molecular flexibility index (Phi) is 2.34. The Morgan fingerprint density at radius 1 is 1.25 bits per heavy atom. The van der Waals surface area contributed by atoms with Gasteiger partial charge in [-0.05, 0) is 18.2 Å². The van der Waals surface area contributed by atoms with E-state index in [4.69, 9.17) is 4.42 Å². The van der Waals surface area contributed by atoms with Crippen LogP contribution in [0.3, 0.4) is 0 Å². The van der Waals surface area contributed by atoms with Crippen LogP contribution in [0.5, 0.6) is 0 Å². The summed E-state index contributed by atoms with van der Waals surface area (Å²) in [6, 6.07) is 5.90. The van der Waals surface area contributed by atoms with Crippen LogP contribution in [0.4, 0.5) is 4.39 Å². The zero-order chi connectivity index (χ0) is 11.9. The normalized spacial score (nSPS) is 12.0. The summed E-state index contributed by atoms with van der Waals surface area (Å²) >= 11 is 0. The number of carbonyl (C=O) groups is 1. The molecule has 0 aliphatic carbocycles. The maximum Gasteiger partial charge on any atom is 0.203 e. The fourth-order valence-electron chi connectivity index (χ4n) is 1.49. The quantitative estimate of drug-likeness (QED) is 0.684. The van der Waals surface area contributed by atoms with Crippen molar-refractivity contribution >= 4 is 16.8 Å². The van der Waals surface area contributed by atoms with Gasteiger partial charge in [-0.15, -0.1) is 0 Å². The van der Waals surface area contributed by atoms with E-state index in [9.17, 15) is 9.18 Å². The highest BCUT2D eigenvalue weighted by Gasteiger charge is 2.26. The van der Waals surface area contributed by atoms with Crippen LogP contribution in [0, 0.1) is 11.2 Å². The molecular formula is C13H13FO2. The van der Waals surface area contributed by atoms with Crippen molar-refractivity contribution in [1.29, 1.82) is 0 Å². The molecule has 2 aromatic rings. The number of hydrogen-bond donors (Lipinski definition) is 0. The van der Waals surface area contributed by atoms with Crippen LogP contribution in [0.1, 0.15) is 31.3 Å². The van der Waals surface area contributed by atoms with E-state index in [1.54, 1.807) is 12.1 Å². The van der Waals surface area contributed by atoms with Gasteiger partial charge in [-0.25, -0.2) is 4.39 Å². The average molecular weight is 220 g/mol. The minimum absolute atomic E-state index is 0.0795. The van der Waals surface area contributed by atoms with E-state index in [-0.39, 0.29) is 17.4 Å². The highest BCUT2D eigenvalue weighted by Crippen LogP contribution is 2.26. The summed E-state index contributed by atoms with van der Waals surface area (Å²) < 4.78 is 18.3. The Balaban J connectivity index is 2.52. The largest absolute Gasteiger partial charge is 0.453 e. The zero-order valence-electron chi connectivity index (χ0n) is 9.50. The summed E-state index contributed by atoms with van der Waals surface area (Å²) in [6.07, 6.45) is 0. The molecule has 0 atom stereocenters. The topological polar surface area (TPSA) is 30.2 Å². The number of hydrogen-bond acceptors (Lipinski definition) is 2. The molecule has 1 aromatic heterocycles. The first-order valence-electron chi connectivity index (χ1n) is 5.12. The molecule has 0 aliphatic heterocycles. The SMILES string of the molecule is CC(C)(C)C(=O)c1cc2ccc(F)cc2o1. The van der Waals surface area contributed by atoms with Crippen LogP contribution in [-0.4, -0.2) is 5.78 Å². The molecule has 1 aromatic carbocycles. The highest BCUT2D eigenvalue weighted by atomic mass is 19.1. The predicted molar refractivity (Wildman–Crippen MR) is 60.0 cm³/mol. The standard InChI is InChI=1S/C13H13FO2/c1-13(2,3)12(15)11-6-8-4-5-9(14)7-10(8)16-11/h4-7H,1-3H3. The third kappa shape index (κ3) is 1.85. The number of fused-ring (bicyclic) bond motifs is 1. The van der Waals surface area contributed by atoms with Crippen LogP contribution in [0.15, 0.2) is 28.7 Å². The number of rotatable bonds is 1. The van der Waals surface area contributed by atoms with E-state index >= 15 is 0 Å². The first kappa shape index (κ1) is 10.9. The molecular weight excluding hydrogens is 207 g/mol. The van der Waals surface area contributed by atoms with E-state index in [1.807, 2.05) is 20.8 Å². The Morgan fingerprint density at radius 3 is 2.56 bits per heavy atom. The second kappa shape index (κ2) is 3.44. The van der Waals surface area contributed by atoms with E-state index in [0.717, 1.165) is 5.39 Å². The first-order valence-corrected chi connectivity index (χ1v) is 5.12. The fourth-order valence-corrected chi connectivity index (χ4v) is 1.49. The van der Waals surface area contributed by atoms with Crippen molar-refractivity contribution in [3.8, 4) is 0 Å². The summed E-state index contributed by atoms with van der Waals surface area (Å²) in [4.78, 5) is 11.9. The molecule has 0 radical (unpaired) electrons. The Morgan fingerprint density at radius 2 is 1.94 bits per heavy atom. The average Bonchev–Trinajstić information content (AvgIpc) is 2.57. The summed E-state index contributed by atoms with van der Waals surface area (Å²) in [5, 5.41) is 0.744. The maximum absolute atomic E-state index is 12.9. The van der Waals surface area contributed by atoms with Gasteiger partial charge in [0.05, 0.1) is 0 Å². The maximum atomic E-state index is 12.9. The third-order valence-electron chi connectivity index (χ3n) is 2.39. The van der Waals surface area contributed by atoms with Gasteiger partial charge in [0, 0.05) is 16.9 Å². The molecule has 0 saturated carbocycles. The number of furan rings is 1. The Hall–Kier alpha value is -1.64. The summed E-state index contributed by atoms with van der Waals surface area (Å²) in [5.74, 6) is -0.159. The van der Waals surface area contributed by atoms with Gasteiger partial charge in [-0.2, -0.15) is 0 Å². The van der Waals surface area contributed by atoms with Crippen molar-refractivity contribution < 1.29 is 13.6 Å². The molecule has 0 bridgehead atoms. The molecule has 3 heteroatoms. The molecule has 0 fully saturated rings. The lowest BCUT2D eigenvalue weighted by Gasteiger charge is -2.13. The van der Waals surface area contributed by atoms with Crippen molar-refractivity contribution in [2.45, 2.75) is 20.8 Å². The molecule has 0 N–H and O–H groups in total. The van der Waals surface area contributed by atoms with Crippen molar-refractivity contribution in [3.05, 3.63) is 35.8 Å². The number of halogens is 1. The van der Waals surface area contributed by atoms with Crippen molar-refractivity contribution in [2.24, 2.45) is 5.41 Å². The van der Waals surface area contributed by atoms with E-state index in [2.05, 4.69) is 0 Å². The van der Waals surface area contributed by atoms with Gasteiger partial charge >= 0.3 is 0 Å². The predicted octanol–water partition coefficient (Wildman–Crippen LogP) is 3.80. The van der Waals surface area contributed by atoms with E-state index in [0.29, 0.717) is 5.58 Å². The lowest BCUT2D eigenvalue weighted by atomic mass is 9.89. The minimum atomic E-state index is -0.494. The van der Waals surface area contributed by atoms with Gasteiger partial charge in [-0.3, -0.25) is 4.79 Å². The molecule has 2 nitrogen and oxygen atoms in total. The van der Waals surface area contributed by atoms with Gasteiger partial charge in [0.25, 0.3) is 0 Å². The van der Waals surface area contributed by atoms with Crippen LogP contribution >= 0.6 is 0 Å².